The molecule has 2 atom stereocenters. The molecule has 0 aromatic heterocycles. The minimum Gasteiger partial charge on any atom is -0.467 e. The van der Waals surface area contributed by atoms with Crippen molar-refractivity contribution in [2.75, 3.05) is 20.8 Å². The van der Waals surface area contributed by atoms with Crippen LogP contribution in [0.5, 0.6) is 0 Å². The maximum absolute atomic E-state index is 12.0. The highest BCUT2D eigenvalue weighted by Gasteiger charge is 2.44. The normalized spacial score (nSPS) is 23.9. The molecule has 0 unspecified atom stereocenters. The third-order valence-electron chi connectivity index (χ3n) is 2.72. The summed E-state index contributed by atoms with van der Waals surface area (Å²) in [7, 11) is 2.81. The van der Waals surface area contributed by atoms with E-state index in [0.717, 1.165) is 0 Å². The molecule has 0 bridgehead atoms. The lowest BCUT2D eigenvalue weighted by atomic mass is 10.1. The van der Waals surface area contributed by atoms with E-state index in [1.807, 2.05) is 0 Å². The first-order valence-corrected chi connectivity index (χ1v) is 5.90. The smallest absolute Gasteiger partial charge is 0.411 e. The van der Waals surface area contributed by atoms with Gasteiger partial charge in [0.25, 0.3) is 0 Å². The van der Waals surface area contributed by atoms with E-state index in [0.29, 0.717) is 13.0 Å². The van der Waals surface area contributed by atoms with Crippen molar-refractivity contribution in [3.05, 3.63) is 0 Å². The number of esters is 1. The molecular formula is C12H21NO5. The highest BCUT2D eigenvalue weighted by molar-refractivity contribution is 5.83. The fraction of sp³-hybridized carbons (Fsp3) is 0.833. The molecule has 104 valence electrons. The van der Waals surface area contributed by atoms with Crippen LogP contribution in [0.4, 0.5) is 4.79 Å². The first-order chi connectivity index (χ1) is 8.30. The fourth-order valence-corrected chi connectivity index (χ4v) is 1.94. The minimum absolute atomic E-state index is 0.343. The molecule has 0 aliphatic carbocycles. The standard InChI is InChI=1S/C12H21NO5/c1-12(2,3)18-11(15)13-7-6-8(16-4)9(13)10(14)17-5/h8-9H,6-7H2,1-5H3/t8-,9+/m1/s1. The molecule has 1 saturated heterocycles. The van der Waals surface area contributed by atoms with Gasteiger partial charge in [-0.05, 0) is 27.2 Å². The molecule has 1 aliphatic heterocycles. The summed E-state index contributed by atoms with van der Waals surface area (Å²) >= 11 is 0. The van der Waals surface area contributed by atoms with Gasteiger partial charge in [0.1, 0.15) is 5.60 Å². The van der Waals surface area contributed by atoms with E-state index in [9.17, 15) is 9.59 Å². The molecule has 1 heterocycles. The molecule has 1 amide bonds. The van der Waals surface area contributed by atoms with Gasteiger partial charge >= 0.3 is 12.1 Å². The molecule has 1 fully saturated rings. The number of likely N-dealkylation sites (tertiary alicyclic amines) is 1. The van der Waals surface area contributed by atoms with Crippen molar-refractivity contribution < 1.29 is 23.8 Å². The highest BCUT2D eigenvalue weighted by Crippen LogP contribution is 2.24. The van der Waals surface area contributed by atoms with E-state index in [1.54, 1.807) is 20.8 Å². The second-order valence-corrected chi connectivity index (χ2v) is 5.20. The third-order valence-corrected chi connectivity index (χ3v) is 2.72. The predicted molar refractivity (Wildman–Crippen MR) is 64.2 cm³/mol. The fourth-order valence-electron chi connectivity index (χ4n) is 1.94. The van der Waals surface area contributed by atoms with Gasteiger partial charge in [-0.15, -0.1) is 0 Å². The quantitative estimate of drug-likeness (QED) is 0.697. The van der Waals surface area contributed by atoms with Gasteiger partial charge in [0.05, 0.1) is 13.2 Å². The van der Waals surface area contributed by atoms with E-state index < -0.39 is 23.7 Å². The molecule has 0 radical (unpaired) electrons. The number of carbonyl (C=O) groups is 2. The molecule has 6 heteroatoms. The number of amides is 1. The highest BCUT2D eigenvalue weighted by atomic mass is 16.6. The van der Waals surface area contributed by atoms with Gasteiger partial charge in [0.15, 0.2) is 6.04 Å². The number of nitrogens with zero attached hydrogens (tertiary/aromatic N) is 1. The van der Waals surface area contributed by atoms with Gasteiger partial charge in [0.2, 0.25) is 0 Å². The molecule has 0 spiro atoms. The maximum atomic E-state index is 12.0. The molecule has 1 aliphatic rings. The SMILES string of the molecule is COC(=O)[C@@H]1[C@H](OC)CCN1C(=O)OC(C)(C)C. The van der Waals surface area contributed by atoms with E-state index in [4.69, 9.17) is 14.2 Å². The second-order valence-electron chi connectivity index (χ2n) is 5.20. The van der Waals surface area contributed by atoms with Gasteiger partial charge in [-0.1, -0.05) is 0 Å². The average molecular weight is 259 g/mol. The predicted octanol–water partition coefficient (Wildman–Crippen LogP) is 1.18. The van der Waals surface area contributed by atoms with Gasteiger partial charge in [-0.3, -0.25) is 4.90 Å². The number of methoxy groups -OCH3 is 2. The summed E-state index contributed by atoms with van der Waals surface area (Å²) in [5.41, 5.74) is -0.594. The summed E-state index contributed by atoms with van der Waals surface area (Å²) in [5.74, 6) is -0.481. The summed E-state index contributed by atoms with van der Waals surface area (Å²) in [6.45, 7) is 5.76. The topological polar surface area (TPSA) is 65.1 Å². The zero-order valence-corrected chi connectivity index (χ0v) is 11.6. The van der Waals surface area contributed by atoms with Crippen molar-refractivity contribution in [3.8, 4) is 0 Å². The van der Waals surface area contributed by atoms with E-state index in [-0.39, 0.29) is 6.10 Å². The van der Waals surface area contributed by atoms with Crippen LogP contribution in [-0.2, 0) is 19.0 Å². The van der Waals surface area contributed by atoms with Crippen LogP contribution >= 0.6 is 0 Å². The number of carbonyl (C=O) groups excluding carboxylic acids is 2. The molecule has 0 aromatic rings. The molecule has 1 rings (SSSR count). The van der Waals surface area contributed by atoms with Crippen molar-refractivity contribution in [2.45, 2.75) is 44.9 Å². The Morgan fingerprint density at radius 1 is 1.22 bits per heavy atom. The third kappa shape index (κ3) is 3.35. The van der Waals surface area contributed by atoms with Crippen molar-refractivity contribution in [3.63, 3.8) is 0 Å². The summed E-state index contributed by atoms with van der Waals surface area (Å²) < 4.78 is 15.2. The van der Waals surface area contributed by atoms with Gasteiger partial charge < -0.3 is 14.2 Å². The first-order valence-electron chi connectivity index (χ1n) is 5.90. The number of rotatable bonds is 2. The van der Waals surface area contributed by atoms with E-state index in [1.165, 1.54) is 19.1 Å². The summed E-state index contributed by atoms with van der Waals surface area (Å²) in [4.78, 5) is 25.1. The minimum atomic E-state index is -0.727. The van der Waals surface area contributed by atoms with Crippen LogP contribution in [0, 0.1) is 0 Å². The molecule has 18 heavy (non-hydrogen) atoms. The van der Waals surface area contributed by atoms with E-state index >= 15 is 0 Å². The largest absolute Gasteiger partial charge is 0.467 e. The van der Waals surface area contributed by atoms with Crippen LogP contribution in [0.2, 0.25) is 0 Å². The van der Waals surface area contributed by atoms with E-state index in [2.05, 4.69) is 0 Å². The number of hydrogen-bond donors (Lipinski definition) is 0. The van der Waals surface area contributed by atoms with Crippen LogP contribution in [-0.4, -0.2) is 55.5 Å². The average Bonchev–Trinajstić information content (AvgIpc) is 2.69. The summed E-state index contributed by atoms with van der Waals surface area (Å²) in [5, 5.41) is 0. The van der Waals surface area contributed by atoms with Gasteiger partial charge in [-0.25, -0.2) is 9.59 Å². The van der Waals surface area contributed by atoms with Gasteiger partial charge in [0, 0.05) is 13.7 Å². The zero-order valence-electron chi connectivity index (χ0n) is 11.6. The molecule has 0 N–H and O–H groups in total. The summed E-state index contributed by atoms with van der Waals surface area (Å²) in [6.07, 6.45) is -0.266. The number of hydrogen-bond acceptors (Lipinski definition) is 5. The molecular weight excluding hydrogens is 238 g/mol. The van der Waals surface area contributed by atoms with Crippen molar-refractivity contribution in [2.24, 2.45) is 0 Å². The van der Waals surface area contributed by atoms with Crippen LogP contribution in [0.1, 0.15) is 27.2 Å². The lowest BCUT2D eigenvalue weighted by Gasteiger charge is -2.28. The van der Waals surface area contributed by atoms with Crippen LogP contribution < -0.4 is 0 Å². The maximum Gasteiger partial charge on any atom is 0.411 e. The molecule has 6 nitrogen and oxygen atoms in total. The Morgan fingerprint density at radius 3 is 2.28 bits per heavy atom. The van der Waals surface area contributed by atoms with Crippen molar-refractivity contribution >= 4 is 12.1 Å². The first kappa shape index (κ1) is 14.8. The number of ether oxygens (including phenoxy) is 3. The van der Waals surface area contributed by atoms with Crippen molar-refractivity contribution in [1.29, 1.82) is 0 Å². The Kier molecular flexibility index (Phi) is 4.56. The van der Waals surface area contributed by atoms with Crippen LogP contribution in [0.25, 0.3) is 0 Å². The Labute approximate surface area is 107 Å². The van der Waals surface area contributed by atoms with Crippen molar-refractivity contribution in [1.82, 2.24) is 4.90 Å². The summed E-state index contributed by atoms with van der Waals surface area (Å²) in [6, 6.07) is -0.727. The van der Waals surface area contributed by atoms with Crippen LogP contribution in [0.3, 0.4) is 0 Å². The Morgan fingerprint density at radius 2 is 1.83 bits per heavy atom. The Balaban J connectivity index is 2.81. The Hall–Kier alpha value is -1.30. The Bertz CT molecular complexity index is 323. The van der Waals surface area contributed by atoms with Gasteiger partial charge in [-0.2, -0.15) is 0 Å². The zero-order chi connectivity index (χ0) is 13.9. The molecule has 0 aromatic carbocycles. The lowest BCUT2D eigenvalue weighted by Crippen LogP contribution is -2.47. The monoisotopic (exact) mass is 259 g/mol. The molecule has 0 saturated carbocycles. The van der Waals surface area contributed by atoms with Crippen LogP contribution in [0.15, 0.2) is 0 Å². The lowest BCUT2D eigenvalue weighted by molar-refractivity contribution is -0.149. The second kappa shape index (κ2) is 5.56.